The molecule has 3 rings (SSSR count). The van der Waals surface area contributed by atoms with E-state index in [0.29, 0.717) is 12.8 Å². The number of carbonyl (C=O) groups is 1. The van der Waals surface area contributed by atoms with Gasteiger partial charge in [0.05, 0.1) is 18.7 Å². The first kappa shape index (κ1) is 19.1. The monoisotopic (exact) mass is 365 g/mol. The SMILES string of the molecule is N#CC1(NC(=O)CNC(c2ccccc2)c2ccc(F)cc2)CCCCC1. The maximum Gasteiger partial charge on any atom is 0.235 e. The highest BCUT2D eigenvalue weighted by Crippen LogP contribution is 2.27. The second-order valence-corrected chi connectivity index (χ2v) is 7.08. The van der Waals surface area contributed by atoms with Crippen molar-refractivity contribution >= 4 is 5.91 Å². The lowest BCUT2D eigenvalue weighted by Crippen LogP contribution is -2.51. The zero-order valence-electron chi connectivity index (χ0n) is 15.2. The molecule has 2 aromatic carbocycles. The van der Waals surface area contributed by atoms with Gasteiger partial charge in [0.25, 0.3) is 0 Å². The van der Waals surface area contributed by atoms with Crippen LogP contribution in [0.3, 0.4) is 0 Å². The van der Waals surface area contributed by atoms with Crippen molar-refractivity contribution in [3.05, 3.63) is 71.5 Å². The summed E-state index contributed by atoms with van der Waals surface area (Å²) < 4.78 is 13.3. The van der Waals surface area contributed by atoms with Gasteiger partial charge in [0.1, 0.15) is 11.4 Å². The Morgan fingerprint density at radius 1 is 1.04 bits per heavy atom. The number of benzene rings is 2. The zero-order valence-corrected chi connectivity index (χ0v) is 15.2. The van der Waals surface area contributed by atoms with Crippen LogP contribution >= 0.6 is 0 Å². The lowest BCUT2D eigenvalue weighted by molar-refractivity contribution is -0.122. The summed E-state index contributed by atoms with van der Waals surface area (Å²) in [6, 6.07) is 18.1. The summed E-state index contributed by atoms with van der Waals surface area (Å²) in [5, 5.41) is 15.7. The zero-order chi connectivity index (χ0) is 19.1. The van der Waals surface area contributed by atoms with Crippen molar-refractivity contribution in [2.24, 2.45) is 0 Å². The Hall–Kier alpha value is -2.71. The minimum absolute atomic E-state index is 0.0837. The first-order valence-electron chi connectivity index (χ1n) is 9.38. The van der Waals surface area contributed by atoms with Crippen LogP contribution in [0.4, 0.5) is 4.39 Å². The molecule has 0 aliphatic heterocycles. The number of nitrogens with one attached hydrogen (secondary N) is 2. The predicted molar refractivity (Wildman–Crippen MR) is 102 cm³/mol. The molecule has 0 aromatic heterocycles. The number of halogens is 1. The van der Waals surface area contributed by atoms with Gasteiger partial charge in [0.2, 0.25) is 5.91 Å². The molecule has 0 spiro atoms. The van der Waals surface area contributed by atoms with E-state index in [4.69, 9.17) is 0 Å². The summed E-state index contributed by atoms with van der Waals surface area (Å²) in [6.45, 7) is 0.0837. The normalized spacial score (nSPS) is 16.9. The van der Waals surface area contributed by atoms with Crippen LogP contribution in [0, 0.1) is 17.1 Å². The van der Waals surface area contributed by atoms with Gasteiger partial charge in [-0.1, -0.05) is 61.7 Å². The molecule has 0 bridgehead atoms. The van der Waals surface area contributed by atoms with Crippen LogP contribution in [-0.2, 0) is 4.79 Å². The fourth-order valence-electron chi connectivity index (χ4n) is 3.65. The van der Waals surface area contributed by atoms with E-state index in [0.717, 1.165) is 30.4 Å². The number of nitriles is 1. The van der Waals surface area contributed by atoms with Gasteiger partial charge in [0.15, 0.2) is 0 Å². The molecule has 1 aliphatic carbocycles. The van der Waals surface area contributed by atoms with E-state index in [9.17, 15) is 14.4 Å². The molecule has 1 saturated carbocycles. The van der Waals surface area contributed by atoms with E-state index in [2.05, 4.69) is 16.7 Å². The Kier molecular flexibility index (Phi) is 6.20. The van der Waals surface area contributed by atoms with Crippen molar-refractivity contribution in [1.29, 1.82) is 5.26 Å². The molecule has 1 aliphatic rings. The minimum atomic E-state index is -0.741. The van der Waals surface area contributed by atoms with Crippen LogP contribution in [-0.4, -0.2) is 18.0 Å². The Bertz CT molecular complexity index is 793. The quantitative estimate of drug-likeness (QED) is 0.817. The lowest BCUT2D eigenvalue weighted by atomic mass is 9.83. The molecule has 0 heterocycles. The number of nitrogens with zero attached hydrogens (tertiary/aromatic N) is 1. The van der Waals surface area contributed by atoms with Gasteiger partial charge in [-0.05, 0) is 36.1 Å². The summed E-state index contributed by atoms with van der Waals surface area (Å²) in [4.78, 5) is 12.5. The smallest absolute Gasteiger partial charge is 0.235 e. The molecule has 140 valence electrons. The molecule has 1 atom stereocenters. The topological polar surface area (TPSA) is 64.9 Å². The Labute approximate surface area is 159 Å². The van der Waals surface area contributed by atoms with E-state index < -0.39 is 5.54 Å². The molecule has 27 heavy (non-hydrogen) atoms. The maximum absolute atomic E-state index is 13.3. The lowest BCUT2D eigenvalue weighted by Gasteiger charge is -2.31. The van der Waals surface area contributed by atoms with Crippen LogP contribution in [0.2, 0.25) is 0 Å². The molecule has 4 nitrogen and oxygen atoms in total. The fourth-order valence-corrected chi connectivity index (χ4v) is 3.65. The summed E-state index contributed by atoms with van der Waals surface area (Å²) in [6.07, 6.45) is 4.44. The molecular formula is C22H24FN3O. The van der Waals surface area contributed by atoms with Crippen molar-refractivity contribution < 1.29 is 9.18 Å². The largest absolute Gasteiger partial charge is 0.337 e. The van der Waals surface area contributed by atoms with E-state index in [1.165, 1.54) is 12.1 Å². The average Bonchev–Trinajstić information content (AvgIpc) is 2.71. The van der Waals surface area contributed by atoms with E-state index >= 15 is 0 Å². The van der Waals surface area contributed by atoms with Gasteiger partial charge in [-0.3, -0.25) is 10.1 Å². The van der Waals surface area contributed by atoms with Gasteiger partial charge in [-0.25, -0.2) is 4.39 Å². The van der Waals surface area contributed by atoms with Crippen molar-refractivity contribution in [3.63, 3.8) is 0 Å². The number of hydrogen-bond donors (Lipinski definition) is 2. The van der Waals surface area contributed by atoms with Crippen molar-refractivity contribution in [1.82, 2.24) is 10.6 Å². The van der Waals surface area contributed by atoms with Crippen LogP contribution in [0.1, 0.15) is 49.3 Å². The van der Waals surface area contributed by atoms with Crippen molar-refractivity contribution in [3.8, 4) is 6.07 Å². The fraction of sp³-hybridized carbons (Fsp3) is 0.364. The van der Waals surface area contributed by atoms with Gasteiger partial charge in [-0.15, -0.1) is 0 Å². The van der Waals surface area contributed by atoms with E-state index in [-0.39, 0.29) is 24.3 Å². The average molecular weight is 365 g/mol. The molecule has 0 saturated heterocycles. The highest BCUT2D eigenvalue weighted by molar-refractivity contribution is 5.79. The third-order valence-electron chi connectivity index (χ3n) is 5.10. The van der Waals surface area contributed by atoms with Gasteiger partial charge in [0, 0.05) is 0 Å². The number of hydrogen-bond acceptors (Lipinski definition) is 3. The Balaban J connectivity index is 1.70. The van der Waals surface area contributed by atoms with E-state index in [1.54, 1.807) is 12.1 Å². The van der Waals surface area contributed by atoms with Crippen LogP contribution in [0.25, 0.3) is 0 Å². The third-order valence-corrected chi connectivity index (χ3v) is 5.10. The molecule has 1 amide bonds. The second-order valence-electron chi connectivity index (χ2n) is 7.08. The standard InChI is InChI=1S/C22H24FN3O/c23-19-11-9-18(10-12-19)21(17-7-3-1-4-8-17)25-15-20(27)26-22(16-24)13-5-2-6-14-22/h1,3-4,7-12,21,25H,2,5-6,13-15H2,(H,26,27). The summed E-state index contributed by atoms with van der Waals surface area (Å²) in [7, 11) is 0. The summed E-state index contributed by atoms with van der Waals surface area (Å²) in [5.74, 6) is -0.488. The maximum atomic E-state index is 13.3. The predicted octanol–water partition coefficient (Wildman–Crippen LogP) is 3.85. The highest BCUT2D eigenvalue weighted by Gasteiger charge is 2.33. The Morgan fingerprint density at radius 2 is 1.67 bits per heavy atom. The number of carbonyl (C=O) groups excluding carboxylic acids is 1. The molecule has 1 fully saturated rings. The van der Waals surface area contributed by atoms with Crippen LogP contribution < -0.4 is 10.6 Å². The third kappa shape index (κ3) is 4.93. The first-order chi connectivity index (χ1) is 13.1. The summed E-state index contributed by atoms with van der Waals surface area (Å²) in [5.41, 5.74) is 1.13. The highest BCUT2D eigenvalue weighted by atomic mass is 19.1. The van der Waals surface area contributed by atoms with Crippen LogP contribution in [0.5, 0.6) is 0 Å². The van der Waals surface area contributed by atoms with Gasteiger partial charge in [-0.2, -0.15) is 5.26 Å². The van der Waals surface area contributed by atoms with E-state index in [1.807, 2.05) is 30.3 Å². The summed E-state index contributed by atoms with van der Waals surface area (Å²) >= 11 is 0. The second kappa shape index (κ2) is 8.79. The molecule has 2 N–H and O–H groups in total. The van der Waals surface area contributed by atoms with Crippen LogP contribution in [0.15, 0.2) is 54.6 Å². The minimum Gasteiger partial charge on any atom is -0.337 e. The molecule has 0 radical (unpaired) electrons. The molecule has 5 heteroatoms. The van der Waals surface area contributed by atoms with Crippen molar-refractivity contribution in [2.45, 2.75) is 43.7 Å². The Morgan fingerprint density at radius 3 is 2.30 bits per heavy atom. The van der Waals surface area contributed by atoms with Gasteiger partial charge < -0.3 is 5.32 Å². The van der Waals surface area contributed by atoms with Crippen molar-refractivity contribution in [2.75, 3.05) is 6.54 Å². The molecular weight excluding hydrogens is 341 g/mol. The number of amides is 1. The number of rotatable bonds is 6. The molecule has 2 aromatic rings. The molecule has 1 unspecified atom stereocenters. The first-order valence-corrected chi connectivity index (χ1v) is 9.38. The van der Waals surface area contributed by atoms with Gasteiger partial charge >= 0.3 is 0 Å².